The molecule has 120 valence electrons. The Labute approximate surface area is 134 Å². The van der Waals surface area contributed by atoms with Gasteiger partial charge in [0.15, 0.2) is 5.52 Å². The minimum atomic E-state index is -0.228. The van der Waals surface area contributed by atoms with Gasteiger partial charge in [0, 0.05) is 7.05 Å². The van der Waals surface area contributed by atoms with Gasteiger partial charge in [-0.15, -0.1) is 0 Å². The largest absolute Gasteiger partial charge is 0.493 e. The van der Waals surface area contributed by atoms with E-state index in [4.69, 9.17) is 4.74 Å². The number of aryl methyl sites for hydroxylation is 2. The third-order valence-electron chi connectivity index (χ3n) is 3.74. The fourth-order valence-electron chi connectivity index (χ4n) is 2.71. The van der Waals surface area contributed by atoms with E-state index < -0.39 is 0 Å². The van der Waals surface area contributed by atoms with E-state index in [-0.39, 0.29) is 5.56 Å². The van der Waals surface area contributed by atoms with Crippen LogP contribution in [0.15, 0.2) is 29.1 Å². The van der Waals surface area contributed by atoms with E-state index in [2.05, 4.69) is 22.0 Å². The lowest BCUT2D eigenvalue weighted by Gasteiger charge is -2.09. The van der Waals surface area contributed by atoms with Crippen molar-refractivity contribution in [3.63, 3.8) is 0 Å². The third-order valence-corrected chi connectivity index (χ3v) is 3.74. The molecule has 6 heteroatoms. The van der Waals surface area contributed by atoms with Gasteiger partial charge in [-0.3, -0.25) is 9.48 Å². The van der Waals surface area contributed by atoms with Crippen LogP contribution in [0.25, 0.3) is 22.4 Å². The van der Waals surface area contributed by atoms with Crippen molar-refractivity contribution >= 4 is 11.0 Å². The molecular weight excluding hydrogens is 292 g/mol. The van der Waals surface area contributed by atoms with Crippen LogP contribution in [0.3, 0.4) is 0 Å². The van der Waals surface area contributed by atoms with Crippen LogP contribution in [-0.4, -0.2) is 26.4 Å². The topological polar surface area (TPSA) is 72.8 Å². The van der Waals surface area contributed by atoms with Crippen molar-refractivity contribution in [3.8, 4) is 17.1 Å². The molecular formula is C17H20N4O2. The molecule has 2 heterocycles. The number of fused-ring (bicyclic) bond motifs is 1. The Hall–Kier alpha value is -2.63. The first-order valence-corrected chi connectivity index (χ1v) is 7.83. The highest BCUT2D eigenvalue weighted by atomic mass is 16.5. The molecule has 3 aromatic rings. The first-order valence-electron chi connectivity index (χ1n) is 7.83. The Morgan fingerprint density at radius 2 is 2.00 bits per heavy atom. The van der Waals surface area contributed by atoms with E-state index >= 15 is 0 Å². The molecule has 0 aliphatic rings. The molecule has 3 rings (SSSR count). The first-order chi connectivity index (χ1) is 11.2. The molecule has 6 nitrogen and oxygen atoms in total. The highest BCUT2D eigenvalue weighted by Crippen LogP contribution is 2.27. The zero-order valence-corrected chi connectivity index (χ0v) is 13.6. The number of ether oxygens (including phenoxy) is 1. The minimum Gasteiger partial charge on any atom is -0.493 e. The molecule has 0 radical (unpaired) electrons. The lowest BCUT2D eigenvalue weighted by molar-refractivity contribution is 0.341. The van der Waals surface area contributed by atoms with Crippen LogP contribution < -0.4 is 10.3 Å². The summed E-state index contributed by atoms with van der Waals surface area (Å²) in [6.07, 6.45) is 1.80. The Balaban J connectivity index is 2.24. The van der Waals surface area contributed by atoms with Gasteiger partial charge < -0.3 is 9.72 Å². The fourth-order valence-corrected chi connectivity index (χ4v) is 2.71. The summed E-state index contributed by atoms with van der Waals surface area (Å²) in [5, 5.41) is 4.30. The van der Waals surface area contributed by atoms with Crippen molar-refractivity contribution < 1.29 is 4.74 Å². The van der Waals surface area contributed by atoms with Crippen molar-refractivity contribution in [3.05, 3.63) is 40.3 Å². The molecule has 0 bridgehead atoms. The molecule has 0 aliphatic carbocycles. The number of H-pyrrole nitrogens is 1. The lowest BCUT2D eigenvalue weighted by Crippen LogP contribution is -2.10. The van der Waals surface area contributed by atoms with Gasteiger partial charge in [0.1, 0.15) is 17.1 Å². The van der Waals surface area contributed by atoms with Crippen molar-refractivity contribution in [1.82, 2.24) is 19.7 Å². The van der Waals surface area contributed by atoms with Gasteiger partial charge in [0.05, 0.1) is 17.9 Å². The quantitative estimate of drug-likeness (QED) is 0.786. The SMILES string of the molecule is CCCc1c2nc(-c3ccccc3OCC)[nH]c(=O)c2nn1C. The number of aromatic nitrogens is 4. The number of rotatable bonds is 5. The maximum atomic E-state index is 12.4. The average molecular weight is 312 g/mol. The molecule has 0 aliphatic heterocycles. The van der Waals surface area contributed by atoms with Gasteiger partial charge in [-0.05, 0) is 25.5 Å². The van der Waals surface area contributed by atoms with Crippen molar-refractivity contribution in [2.24, 2.45) is 7.05 Å². The van der Waals surface area contributed by atoms with E-state index in [1.807, 2.05) is 38.2 Å². The molecule has 1 N–H and O–H groups in total. The van der Waals surface area contributed by atoms with E-state index in [0.717, 1.165) is 24.1 Å². The summed E-state index contributed by atoms with van der Waals surface area (Å²) in [6, 6.07) is 7.57. The van der Waals surface area contributed by atoms with E-state index in [1.54, 1.807) is 4.68 Å². The third kappa shape index (κ3) is 2.72. The second-order valence-corrected chi connectivity index (χ2v) is 5.36. The molecule has 1 aromatic carbocycles. The van der Waals surface area contributed by atoms with E-state index in [0.29, 0.717) is 29.2 Å². The summed E-state index contributed by atoms with van der Waals surface area (Å²) >= 11 is 0. The Morgan fingerprint density at radius 1 is 1.22 bits per heavy atom. The Bertz CT molecular complexity index is 895. The molecule has 2 aromatic heterocycles. The van der Waals surface area contributed by atoms with Crippen LogP contribution in [0, 0.1) is 0 Å². The molecule has 0 saturated heterocycles. The summed E-state index contributed by atoms with van der Waals surface area (Å²) in [6.45, 7) is 4.57. The van der Waals surface area contributed by atoms with Crippen LogP contribution in [0.5, 0.6) is 5.75 Å². The molecule has 0 atom stereocenters. The van der Waals surface area contributed by atoms with Crippen LogP contribution in [-0.2, 0) is 13.5 Å². The number of hydrogen-bond donors (Lipinski definition) is 1. The second-order valence-electron chi connectivity index (χ2n) is 5.36. The second kappa shape index (κ2) is 6.24. The van der Waals surface area contributed by atoms with Gasteiger partial charge in [0.2, 0.25) is 0 Å². The Kier molecular flexibility index (Phi) is 4.14. The number of benzene rings is 1. The van der Waals surface area contributed by atoms with Gasteiger partial charge in [-0.1, -0.05) is 25.5 Å². The minimum absolute atomic E-state index is 0.228. The van der Waals surface area contributed by atoms with Gasteiger partial charge >= 0.3 is 0 Å². The monoisotopic (exact) mass is 312 g/mol. The first kappa shape index (κ1) is 15.3. The van der Waals surface area contributed by atoms with E-state index in [9.17, 15) is 4.79 Å². The summed E-state index contributed by atoms with van der Waals surface area (Å²) in [5.41, 5.74) is 2.57. The number of nitrogens with one attached hydrogen (secondary N) is 1. The smallest absolute Gasteiger partial charge is 0.279 e. The summed E-state index contributed by atoms with van der Waals surface area (Å²) in [5.74, 6) is 1.22. The predicted octanol–water partition coefficient (Wildman–Crippen LogP) is 2.67. The van der Waals surface area contributed by atoms with Crippen LogP contribution in [0.2, 0.25) is 0 Å². The molecule has 0 spiro atoms. The van der Waals surface area contributed by atoms with Crippen LogP contribution >= 0.6 is 0 Å². The number of hydrogen-bond acceptors (Lipinski definition) is 4. The zero-order chi connectivity index (χ0) is 16.4. The number of nitrogens with zero attached hydrogens (tertiary/aromatic N) is 3. The standard InChI is InChI=1S/C17H20N4O2/c1-4-8-12-14-15(20-21(12)3)17(22)19-16(18-14)11-9-6-7-10-13(11)23-5-2/h6-7,9-10H,4-5,8H2,1-3H3,(H,18,19,22). The van der Waals surface area contributed by atoms with Gasteiger partial charge in [0.25, 0.3) is 5.56 Å². The van der Waals surface area contributed by atoms with Crippen molar-refractivity contribution in [2.75, 3.05) is 6.61 Å². The van der Waals surface area contributed by atoms with Crippen molar-refractivity contribution in [1.29, 1.82) is 0 Å². The summed E-state index contributed by atoms with van der Waals surface area (Å²) < 4.78 is 7.39. The van der Waals surface area contributed by atoms with Crippen LogP contribution in [0.4, 0.5) is 0 Å². The fraction of sp³-hybridized carbons (Fsp3) is 0.353. The molecule has 0 amide bonds. The summed E-state index contributed by atoms with van der Waals surface area (Å²) in [7, 11) is 1.85. The van der Waals surface area contributed by atoms with E-state index in [1.165, 1.54) is 0 Å². The normalized spacial score (nSPS) is 11.1. The Morgan fingerprint density at radius 3 is 2.74 bits per heavy atom. The highest BCUT2D eigenvalue weighted by Gasteiger charge is 2.16. The van der Waals surface area contributed by atoms with Gasteiger partial charge in [-0.25, -0.2) is 4.98 Å². The number of para-hydroxylation sites is 1. The molecule has 0 saturated carbocycles. The van der Waals surface area contributed by atoms with Crippen LogP contribution in [0.1, 0.15) is 26.0 Å². The van der Waals surface area contributed by atoms with Crippen molar-refractivity contribution in [2.45, 2.75) is 26.7 Å². The number of aromatic amines is 1. The maximum Gasteiger partial charge on any atom is 0.279 e. The van der Waals surface area contributed by atoms with Gasteiger partial charge in [-0.2, -0.15) is 5.10 Å². The molecule has 23 heavy (non-hydrogen) atoms. The zero-order valence-electron chi connectivity index (χ0n) is 13.6. The lowest BCUT2D eigenvalue weighted by atomic mass is 10.1. The maximum absolute atomic E-state index is 12.4. The highest BCUT2D eigenvalue weighted by molar-refractivity contribution is 5.79. The molecule has 0 unspecified atom stereocenters. The average Bonchev–Trinajstić information content (AvgIpc) is 2.86. The summed E-state index contributed by atoms with van der Waals surface area (Å²) in [4.78, 5) is 19.9. The predicted molar refractivity (Wildman–Crippen MR) is 89.7 cm³/mol. The molecule has 0 fully saturated rings.